The first-order valence-electron chi connectivity index (χ1n) is 13.4. The Kier molecular flexibility index (Phi) is 12.9. The number of unbranched alkanes of at least 4 members (excludes halogenated alkanes) is 2. The molecule has 200 valence electrons. The van der Waals surface area contributed by atoms with E-state index in [1.165, 1.54) is 36.0 Å². The normalized spacial score (nSPS) is 17.6. The average Bonchev–Trinajstić information content (AvgIpc) is 2.92. The smallest absolute Gasteiger partial charge is 0.335 e. The molecule has 0 heterocycles. The van der Waals surface area contributed by atoms with Gasteiger partial charge in [0, 0.05) is 5.92 Å². The lowest BCUT2D eigenvalue weighted by Gasteiger charge is -2.34. The van der Waals surface area contributed by atoms with E-state index in [9.17, 15) is 9.59 Å². The lowest BCUT2D eigenvalue weighted by molar-refractivity contribution is -0.146. The number of ether oxygens (including phenoxy) is 2. The van der Waals surface area contributed by atoms with E-state index in [-0.39, 0.29) is 36.2 Å². The largest absolute Gasteiger partial charge is 0.462 e. The maximum atomic E-state index is 12.0. The fourth-order valence-electron chi connectivity index (χ4n) is 4.98. The summed E-state index contributed by atoms with van der Waals surface area (Å²) in [5.41, 5.74) is 4.31. The van der Waals surface area contributed by atoms with Crippen LogP contribution in [0.5, 0.6) is 0 Å². The maximum absolute atomic E-state index is 12.0. The topological polar surface area (TPSA) is 93.1 Å². The van der Waals surface area contributed by atoms with Gasteiger partial charge in [-0.2, -0.15) is 0 Å². The Labute approximate surface area is 216 Å². The second-order valence-corrected chi connectivity index (χ2v) is 9.93. The van der Waals surface area contributed by atoms with Crippen molar-refractivity contribution in [2.24, 2.45) is 11.8 Å². The van der Waals surface area contributed by atoms with Gasteiger partial charge in [0.25, 0.3) is 0 Å². The molecule has 1 aliphatic carbocycles. The number of carbonyl (C=O) groups excluding carboxylic acids is 2. The highest BCUT2D eigenvalue weighted by atomic mass is 16.5. The van der Waals surface area contributed by atoms with Gasteiger partial charge in [0.05, 0.1) is 37.6 Å². The van der Waals surface area contributed by atoms with Crippen LogP contribution >= 0.6 is 0 Å². The second kappa shape index (κ2) is 15.6. The number of hydrogen-bond acceptors (Lipinski definition) is 6. The van der Waals surface area contributed by atoms with E-state index in [1.54, 1.807) is 0 Å². The molecule has 1 fully saturated rings. The van der Waals surface area contributed by atoms with Crippen LogP contribution in [0.2, 0.25) is 0 Å². The van der Waals surface area contributed by atoms with Gasteiger partial charge in [0.2, 0.25) is 0 Å². The molecule has 0 unspecified atom stereocenters. The molecule has 0 atom stereocenters. The zero-order chi connectivity index (χ0) is 26.5. The minimum Gasteiger partial charge on any atom is -0.462 e. The molecule has 0 saturated heterocycles. The van der Waals surface area contributed by atoms with Gasteiger partial charge in [-0.15, -0.1) is 0 Å². The van der Waals surface area contributed by atoms with Crippen molar-refractivity contribution in [2.75, 3.05) is 26.4 Å². The summed E-state index contributed by atoms with van der Waals surface area (Å²) in [7, 11) is 0. The zero-order valence-electron chi connectivity index (χ0n) is 22.1. The van der Waals surface area contributed by atoms with Crippen molar-refractivity contribution in [3.05, 3.63) is 59.2 Å². The number of aliphatic hydroxyl groups excluding tert-OH is 2. The Morgan fingerprint density at radius 2 is 1.50 bits per heavy atom. The van der Waals surface area contributed by atoms with Crippen LogP contribution in [0.1, 0.15) is 81.4 Å². The van der Waals surface area contributed by atoms with Gasteiger partial charge in [-0.05, 0) is 73.5 Å². The van der Waals surface area contributed by atoms with Crippen molar-refractivity contribution in [3.63, 3.8) is 0 Å². The van der Waals surface area contributed by atoms with Gasteiger partial charge in [-0.1, -0.05) is 58.0 Å². The molecule has 0 amide bonds. The van der Waals surface area contributed by atoms with Gasteiger partial charge in [-0.25, -0.2) is 9.59 Å². The maximum Gasteiger partial charge on any atom is 0.335 e. The Bertz CT molecular complexity index is 849. The van der Waals surface area contributed by atoms with Crippen molar-refractivity contribution < 1.29 is 29.3 Å². The third-order valence-corrected chi connectivity index (χ3v) is 7.39. The number of esters is 2. The molecule has 0 radical (unpaired) electrons. The molecule has 1 saturated carbocycles. The first kappa shape index (κ1) is 29.8. The summed E-state index contributed by atoms with van der Waals surface area (Å²) in [4.78, 5) is 24.1. The van der Waals surface area contributed by atoms with E-state index in [0.717, 1.165) is 38.5 Å². The molecule has 1 aromatic rings. The minimum absolute atomic E-state index is 0.00650. The van der Waals surface area contributed by atoms with Gasteiger partial charge in [-0.3, -0.25) is 0 Å². The Hall–Kier alpha value is -2.44. The molecule has 1 aromatic carbocycles. The standard InChI is InChI=1S/C30H44O6/c1-5-7-8-9-24-14-15-27(16-23(24)6-2)25-10-12-26(13-11-25)28(19-35-29(33)21(3)17-31)20-36-30(34)22(4)18-32/h14-16,25-26,28,31-32H,3-13,17-20H2,1-2H3. The van der Waals surface area contributed by atoms with E-state index in [1.807, 2.05) is 0 Å². The summed E-state index contributed by atoms with van der Waals surface area (Å²) >= 11 is 0. The monoisotopic (exact) mass is 500 g/mol. The van der Waals surface area contributed by atoms with Crippen LogP contribution in [0, 0.1) is 11.8 Å². The molecule has 36 heavy (non-hydrogen) atoms. The Balaban J connectivity index is 2.02. The highest BCUT2D eigenvalue weighted by molar-refractivity contribution is 5.88. The molecule has 2 N–H and O–H groups in total. The summed E-state index contributed by atoms with van der Waals surface area (Å²) in [5, 5.41) is 18.3. The Morgan fingerprint density at radius 3 is 2.00 bits per heavy atom. The van der Waals surface area contributed by atoms with Crippen molar-refractivity contribution in [1.82, 2.24) is 0 Å². The van der Waals surface area contributed by atoms with E-state index in [4.69, 9.17) is 19.7 Å². The van der Waals surface area contributed by atoms with Crippen LogP contribution in [-0.2, 0) is 31.9 Å². The summed E-state index contributed by atoms with van der Waals surface area (Å²) in [6, 6.07) is 7.02. The van der Waals surface area contributed by atoms with Gasteiger partial charge in [0.15, 0.2) is 0 Å². The van der Waals surface area contributed by atoms with Crippen LogP contribution in [-0.4, -0.2) is 48.6 Å². The SMILES string of the molecule is C=C(CO)C(=O)OCC(COC(=O)C(=C)CO)C1CCC(c2ccc(CCCCC)c(CC)c2)CC1. The van der Waals surface area contributed by atoms with Gasteiger partial charge < -0.3 is 19.7 Å². The molecule has 6 heteroatoms. The molecule has 2 rings (SSSR count). The van der Waals surface area contributed by atoms with Crippen LogP contribution in [0.25, 0.3) is 0 Å². The molecule has 0 aromatic heterocycles. The fraction of sp³-hybridized carbons (Fsp3) is 0.600. The van der Waals surface area contributed by atoms with Crippen molar-refractivity contribution in [2.45, 2.75) is 77.6 Å². The second-order valence-electron chi connectivity index (χ2n) is 9.93. The molecule has 1 aliphatic rings. The van der Waals surface area contributed by atoms with E-state index in [0.29, 0.717) is 5.92 Å². The predicted molar refractivity (Wildman–Crippen MR) is 142 cm³/mol. The van der Waals surface area contributed by atoms with E-state index >= 15 is 0 Å². The predicted octanol–water partition coefficient (Wildman–Crippen LogP) is 5.06. The fourth-order valence-corrected chi connectivity index (χ4v) is 4.98. The number of aryl methyl sites for hydroxylation is 2. The lowest BCUT2D eigenvalue weighted by Crippen LogP contribution is -2.31. The van der Waals surface area contributed by atoms with Gasteiger partial charge >= 0.3 is 11.9 Å². The van der Waals surface area contributed by atoms with Crippen molar-refractivity contribution in [3.8, 4) is 0 Å². The number of rotatable bonds is 15. The van der Waals surface area contributed by atoms with Crippen LogP contribution < -0.4 is 0 Å². The lowest BCUT2D eigenvalue weighted by atomic mass is 9.73. The molecular weight excluding hydrogens is 456 g/mol. The molecule has 0 aliphatic heterocycles. The average molecular weight is 501 g/mol. The zero-order valence-corrected chi connectivity index (χ0v) is 22.1. The number of aliphatic hydroxyl groups is 2. The van der Waals surface area contributed by atoms with Crippen LogP contribution in [0.15, 0.2) is 42.5 Å². The third-order valence-electron chi connectivity index (χ3n) is 7.39. The van der Waals surface area contributed by atoms with Crippen molar-refractivity contribution >= 4 is 11.9 Å². The first-order valence-corrected chi connectivity index (χ1v) is 13.4. The molecular formula is C30H44O6. The summed E-state index contributed by atoms with van der Waals surface area (Å²) in [5.74, 6) is -0.748. The first-order chi connectivity index (χ1) is 17.3. The number of benzene rings is 1. The quantitative estimate of drug-likeness (QED) is 0.199. The minimum atomic E-state index is -0.645. The molecule has 0 spiro atoms. The van der Waals surface area contributed by atoms with E-state index < -0.39 is 25.2 Å². The van der Waals surface area contributed by atoms with Crippen molar-refractivity contribution in [1.29, 1.82) is 0 Å². The number of hydrogen-bond donors (Lipinski definition) is 2. The highest BCUT2D eigenvalue weighted by Crippen LogP contribution is 2.39. The summed E-state index contributed by atoms with van der Waals surface area (Å²) in [6.07, 6.45) is 9.84. The molecule has 6 nitrogen and oxygen atoms in total. The van der Waals surface area contributed by atoms with E-state index in [2.05, 4.69) is 45.2 Å². The van der Waals surface area contributed by atoms with Crippen LogP contribution in [0.4, 0.5) is 0 Å². The van der Waals surface area contributed by atoms with Gasteiger partial charge in [0.1, 0.15) is 0 Å². The highest BCUT2D eigenvalue weighted by Gasteiger charge is 2.31. The molecule has 0 bridgehead atoms. The summed E-state index contributed by atoms with van der Waals surface area (Å²) < 4.78 is 10.7. The Morgan fingerprint density at radius 1 is 0.917 bits per heavy atom. The van der Waals surface area contributed by atoms with Crippen LogP contribution in [0.3, 0.4) is 0 Å². The summed E-state index contributed by atoms with van der Waals surface area (Å²) in [6.45, 7) is 10.7. The number of carbonyl (C=O) groups is 2. The third kappa shape index (κ3) is 8.90.